The molecule has 0 unspecified atom stereocenters. The molecule has 3 rings (SSSR count). The summed E-state index contributed by atoms with van der Waals surface area (Å²) in [5.41, 5.74) is -2.04. The maximum atomic E-state index is 12.9. The van der Waals surface area contributed by atoms with Crippen molar-refractivity contribution in [2.24, 2.45) is 0 Å². The number of nitrogens with zero attached hydrogens (tertiary/aromatic N) is 2. The lowest BCUT2D eigenvalue weighted by molar-refractivity contribution is -0.138. The molecule has 0 atom stereocenters. The fourth-order valence-corrected chi connectivity index (χ4v) is 2.88. The highest BCUT2D eigenvalue weighted by atomic mass is 19.4. The predicted octanol–water partition coefficient (Wildman–Crippen LogP) is 6.91. The lowest BCUT2D eigenvalue weighted by atomic mass is 10.1. The molecule has 0 fully saturated rings. The lowest BCUT2D eigenvalue weighted by Crippen LogP contribution is -2.09. The van der Waals surface area contributed by atoms with E-state index in [1.807, 2.05) is 18.2 Å². The fourth-order valence-electron chi connectivity index (χ4n) is 2.88. The van der Waals surface area contributed by atoms with Crippen molar-refractivity contribution in [1.29, 1.82) is 10.5 Å². The Morgan fingerprint density at radius 1 is 0.800 bits per heavy atom. The topological polar surface area (TPSA) is 68.8 Å². The van der Waals surface area contributed by atoms with Crippen LogP contribution < -0.4 is 10.1 Å². The number of hydrogen-bond donors (Lipinski definition) is 1. The molecule has 0 bridgehead atoms. The van der Waals surface area contributed by atoms with Crippen molar-refractivity contribution in [3.05, 3.63) is 94.3 Å². The molecule has 0 aliphatic carbocycles. The van der Waals surface area contributed by atoms with Crippen LogP contribution in [0.25, 0.3) is 0 Å². The lowest BCUT2D eigenvalue weighted by Gasteiger charge is -2.13. The van der Waals surface area contributed by atoms with E-state index in [1.165, 1.54) is 19.2 Å². The van der Waals surface area contributed by atoms with Crippen LogP contribution in [0.5, 0.6) is 5.75 Å². The van der Waals surface area contributed by atoms with Crippen molar-refractivity contribution in [2.75, 3.05) is 12.4 Å². The number of alkyl halides is 6. The van der Waals surface area contributed by atoms with Gasteiger partial charge in [-0.1, -0.05) is 18.2 Å². The number of anilines is 1. The number of nitrogens with one attached hydrogen (secondary N) is 1. The summed E-state index contributed by atoms with van der Waals surface area (Å²) in [4.78, 5) is 0. The average molecular weight is 495 g/mol. The molecule has 0 spiro atoms. The van der Waals surface area contributed by atoms with Crippen LogP contribution in [0, 0.1) is 28.5 Å². The first-order chi connectivity index (χ1) is 16.4. The van der Waals surface area contributed by atoms with E-state index in [1.54, 1.807) is 12.1 Å². The minimum atomic E-state index is -4.69. The van der Waals surface area contributed by atoms with Crippen LogP contribution >= 0.6 is 0 Å². The molecule has 0 amide bonds. The van der Waals surface area contributed by atoms with Crippen molar-refractivity contribution >= 4 is 5.69 Å². The summed E-state index contributed by atoms with van der Waals surface area (Å²) >= 11 is 0. The SMILES string of the molecule is COc1ccccc1CNc1ccc(C#N)c(C(F)(F)F)c1.N#Cc1ccc(F)cc1C(F)(F)F. The number of para-hydroxylation sites is 1. The normalized spacial score (nSPS) is 10.9. The molecule has 3 aromatic carbocycles. The molecule has 11 heteroatoms. The van der Waals surface area contributed by atoms with Gasteiger partial charge in [0.1, 0.15) is 11.6 Å². The maximum absolute atomic E-state index is 12.9. The summed E-state index contributed by atoms with van der Waals surface area (Å²) < 4.78 is 92.6. The summed E-state index contributed by atoms with van der Waals surface area (Å²) in [6.07, 6.45) is -9.25. The van der Waals surface area contributed by atoms with Gasteiger partial charge in [0, 0.05) is 17.8 Å². The van der Waals surface area contributed by atoms with Crippen molar-refractivity contribution in [3.8, 4) is 17.9 Å². The highest BCUT2D eigenvalue weighted by Crippen LogP contribution is 2.34. The molecule has 182 valence electrons. The summed E-state index contributed by atoms with van der Waals surface area (Å²) in [5, 5.41) is 20.0. The first kappa shape index (κ1) is 27.0. The first-order valence-corrected chi connectivity index (χ1v) is 9.64. The minimum Gasteiger partial charge on any atom is -0.496 e. The zero-order valence-corrected chi connectivity index (χ0v) is 17.9. The predicted molar refractivity (Wildman–Crippen MR) is 113 cm³/mol. The summed E-state index contributed by atoms with van der Waals surface area (Å²) in [5.74, 6) is -0.356. The van der Waals surface area contributed by atoms with E-state index < -0.39 is 40.4 Å². The highest BCUT2D eigenvalue weighted by Gasteiger charge is 2.34. The van der Waals surface area contributed by atoms with Gasteiger partial charge < -0.3 is 10.1 Å². The molecule has 4 nitrogen and oxygen atoms in total. The molecule has 0 saturated heterocycles. The molecule has 0 aromatic heterocycles. The van der Waals surface area contributed by atoms with Crippen molar-refractivity contribution in [2.45, 2.75) is 18.9 Å². The van der Waals surface area contributed by atoms with E-state index in [0.717, 1.165) is 29.8 Å². The quantitative estimate of drug-likeness (QED) is 0.399. The summed E-state index contributed by atoms with van der Waals surface area (Å²) in [7, 11) is 1.53. The van der Waals surface area contributed by atoms with E-state index in [-0.39, 0.29) is 5.69 Å². The van der Waals surface area contributed by atoms with Crippen LogP contribution in [0.2, 0.25) is 0 Å². The van der Waals surface area contributed by atoms with E-state index >= 15 is 0 Å². The molecule has 0 saturated carbocycles. The van der Waals surface area contributed by atoms with Crippen LogP contribution in [0.3, 0.4) is 0 Å². The standard InChI is InChI=1S/C16H13F3N2O.C8H3F4N/c1-22-15-5-3-2-4-12(15)10-21-13-7-6-11(9-20)14(8-13)16(17,18)19;9-6-2-1-5(4-13)7(3-6)8(10,11)12/h2-8,21H,10H2,1H3;1-3H. The van der Waals surface area contributed by atoms with Gasteiger partial charge in [0.15, 0.2) is 0 Å². The molecule has 0 aliphatic heterocycles. The molecule has 0 radical (unpaired) electrons. The Bertz CT molecular complexity index is 1260. The van der Waals surface area contributed by atoms with Crippen molar-refractivity contribution in [3.63, 3.8) is 0 Å². The van der Waals surface area contributed by atoms with Gasteiger partial charge in [-0.25, -0.2) is 4.39 Å². The van der Waals surface area contributed by atoms with Gasteiger partial charge in [0.05, 0.1) is 41.5 Å². The van der Waals surface area contributed by atoms with Crippen molar-refractivity contribution in [1.82, 2.24) is 0 Å². The number of ether oxygens (including phenoxy) is 1. The van der Waals surface area contributed by atoms with Crippen LogP contribution in [0.15, 0.2) is 60.7 Å². The number of benzene rings is 3. The maximum Gasteiger partial charge on any atom is 0.417 e. The van der Waals surface area contributed by atoms with Gasteiger partial charge in [-0.15, -0.1) is 0 Å². The number of halogens is 7. The number of nitriles is 2. The molecular weight excluding hydrogens is 479 g/mol. The molecular formula is C24H16F7N3O. The Morgan fingerprint density at radius 2 is 1.34 bits per heavy atom. The van der Waals surface area contributed by atoms with E-state index in [2.05, 4.69) is 5.32 Å². The average Bonchev–Trinajstić information content (AvgIpc) is 2.82. The largest absolute Gasteiger partial charge is 0.496 e. The van der Waals surface area contributed by atoms with Crippen molar-refractivity contribution < 1.29 is 35.5 Å². The van der Waals surface area contributed by atoms with Gasteiger partial charge in [0.2, 0.25) is 0 Å². The third kappa shape index (κ3) is 7.37. The summed E-state index contributed by atoms with van der Waals surface area (Å²) in [6, 6.07) is 15.6. The zero-order chi connectivity index (χ0) is 26.2. The number of hydrogen-bond acceptors (Lipinski definition) is 4. The smallest absolute Gasteiger partial charge is 0.417 e. The number of rotatable bonds is 4. The van der Waals surface area contributed by atoms with E-state index in [0.29, 0.717) is 18.4 Å². The monoisotopic (exact) mass is 495 g/mol. The van der Waals surface area contributed by atoms with E-state index in [4.69, 9.17) is 15.3 Å². The van der Waals surface area contributed by atoms with Crippen LogP contribution in [-0.2, 0) is 18.9 Å². The van der Waals surface area contributed by atoms with Gasteiger partial charge in [-0.3, -0.25) is 0 Å². The first-order valence-electron chi connectivity index (χ1n) is 9.64. The fraction of sp³-hybridized carbons (Fsp3) is 0.167. The Kier molecular flexibility index (Phi) is 8.68. The second-order valence-electron chi connectivity index (χ2n) is 6.83. The van der Waals surface area contributed by atoms with Crippen LogP contribution in [0.4, 0.5) is 36.4 Å². The third-order valence-electron chi connectivity index (χ3n) is 4.53. The van der Waals surface area contributed by atoms with Crippen LogP contribution in [0.1, 0.15) is 27.8 Å². The Morgan fingerprint density at radius 3 is 1.89 bits per heavy atom. The van der Waals surface area contributed by atoms with Gasteiger partial charge in [-0.2, -0.15) is 36.9 Å². The Labute approximate surface area is 195 Å². The minimum absolute atomic E-state index is 0.289. The van der Waals surface area contributed by atoms with Gasteiger partial charge >= 0.3 is 12.4 Å². The van der Waals surface area contributed by atoms with E-state index in [9.17, 15) is 30.7 Å². The highest BCUT2D eigenvalue weighted by molar-refractivity contribution is 5.53. The molecule has 3 aromatic rings. The second-order valence-corrected chi connectivity index (χ2v) is 6.83. The van der Waals surface area contributed by atoms with Gasteiger partial charge in [0.25, 0.3) is 0 Å². The molecule has 1 N–H and O–H groups in total. The third-order valence-corrected chi connectivity index (χ3v) is 4.53. The zero-order valence-electron chi connectivity index (χ0n) is 17.9. The molecule has 0 heterocycles. The Hall–Kier alpha value is -4.25. The van der Waals surface area contributed by atoms with Crippen LogP contribution in [-0.4, -0.2) is 7.11 Å². The molecule has 35 heavy (non-hydrogen) atoms. The number of methoxy groups -OCH3 is 1. The summed E-state index contributed by atoms with van der Waals surface area (Å²) in [6.45, 7) is 0.313. The molecule has 0 aliphatic rings. The second kappa shape index (κ2) is 11.3. The van der Waals surface area contributed by atoms with Gasteiger partial charge in [-0.05, 0) is 42.5 Å². The Balaban J connectivity index is 0.000000283.